The number of aliphatic hydroxyl groups is 1. The Bertz CT molecular complexity index is 916. The SMILES string of the molecule is Cc1c(CO)oc2cccc(OC(C)(c3cccnc3)C3CCCNC3)c12. The van der Waals surface area contributed by atoms with Crippen molar-refractivity contribution in [1.29, 1.82) is 0 Å². The van der Waals surface area contributed by atoms with Crippen molar-refractivity contribution >= 4 is 11.0 Å². The molecule has 2 atom stereocenters. The normalized spacial score (nSPS) is 19.7. The van der Waals surface area contributed by atoms with E-state index in [1.807, 2.05) is 37.4 Å². The number of nitrogens with one attached hydrogen (secondary N) is 1. The fourth-order valence-electron chi connectivity index (χ4n) is 4.14. The van der Waals surface area contributed by atoms with Gasteiger partial charge in [0.25, 0.3) is 0 Å². The molecule has 0 saturated carbocycles. The van der Waals surface area contributed by atoms with Crippen LogP contribution in [0.3, 0.4) is 0 Å². The molecule has 0 radical (unpaired) electrons. The second kappa shape index (κ2) is 7.33. The van der Waals surface area contributed by atoms with Crippen molar-refractivity contribution < 1.29 is 14.3 Å². The third-order valence-electron chi connectivity index (χ3n) is 5.79. The minimum Gasteiger partial charge on any atom is -0.482 e. The molecule has 0 amide bonds. The van der Waals surface area contributed by atoms with E-state index in [0.29, 0.717) is 11.7 Å². The minimum atomic E-state index is -0.515. The number of furan rings is 1. The van der Waals surface area contributed by atoms with E-state index in [-0.39, 0.29) is 6.61 Å². The molecule has 5 heteroatoms. The Hall–Kier alpha value is -2.37. The summed E-state index contributed by atoms with van der Waals surface area (Å²) in [7, 11) is 0. The number of piperidine rings is 1. The number of hydrogen-bond donors (Lipinski definition) is 2. The molecule has 142 valence electrons. The van der Waals surface area contributed by atoms with Gasteiger partial charge in [-0.25, -0.2) is 0 Å². The molecule has 0 bridgehead atoms. The summed E-state index contributed by atoms with van der Waals surface area (Å²) < 4.78 is 12.6. The molecular weight excluding hydrogens is 340 g/mol. The summed E-state index contributed by atoms with van der Waals surface area (Å²) in [6, 6.07) is 9.88. The van der Waals surface area contributed by atoms with Gasteiger partial charge in [-0.1, -0.05) is 12.1 Å². The zero-order chi connectivity index (χ0) is 18.9. The molecule has 1 aliphatic rings. The first-order valence-electron chi connectivity index (χ1n) is 9.55. The van der Waals surface area contributed by atoms with Gasteiger partial charge in [0, 0.05) is 36.0 Å². The van der Waals surface area contributed by atoms with Crippen LogP contribution in [0.2, 0.25) is 0 Å². The van der Waals surface area contributed by atoms with E-state index in [4.69, 9.17) is 9.15 Å². The lowest BCUT2D eigenvalue weighted by atomic mass is 9.79. The van der Waals surface area contributed by atoms with Crippen molar-refractivity contribution in [2.75, 3.05) is 13.1 Å². The zero-order valence-corrected chi connectivity index (χ0v) is 15.9. The molecule has 1 aromatic carbocycles. The number of benzene rings is 1. The van der Waals surface area contributed by atoms with Gasteiger partial charge in [0.2, 0.25) is 0 Å². The fourth-order valence-corrected chi connectivity index (χ4v) is 4.14. The molecule has 5 nitrogen and oxygen atoms in total. The van der Waals surface area contributed by atoms with Gasteiger partial charge in [0.05, 0.1) is 5.39 Å². The molecule has 2 unspecified atom stereocenters. The van der Waals surface area contributed by atoms with E-state index in [1.54, 1.807) is 6.20 Å². The average Bonchev–Trinajstić information content (AvgIpc) is 3.06. The average molecular weight is 366 g/mol. The Morgan fingerprint density at radius 3 is 2.93 bits per heavy atom. The number of rotatable bonds is 5. The van der Waals surface area contributed by atoms with Crippen LogP contribution in [0, 0.1) is 12.8 Å². The summed E-state index contributed by atoms with van der Waals surface area (Å²) in [6.45, 7) is 5.96. The van der Waals surface area contributed by atoms with Gasteiger partial charge in [-0.3, -0.25) is 4.98 Å². The van der Waals surface area contributed by atoms with Gasteiger partial charge < -0.3 is 19.6 Å². The van der Waals surface area contributed by atoms with Crippen LogP contribution < -0.4 is 10.1 Å². The molecular formula is C22H26N2O3. The Balaban J connectivity index is 1.81. The molecule has 1 saturated heterocycles. The molecule has 27 heavy (non-hydrogen) atoms. The van der Waals surface area contributed by atoms with Gasteiger partial charge in [0.1, 0.15) is 29.3 Å². The van der Waals surface area contributed by atoms with Crippen LogP contribution in [0.5, 0.6) is 5.75 Å². The van der Waals surface area contributed by atoms with Crippen LogP contribution in [-0.4, -0.2) is 23.2 Å². The molecule has 4 rings (SSSR count). The summed E-state index contributed by atoms with van der Waals surface area (Å²) in [5.74, 6) is 1.70. The number of hydrogen-bond acceptors (Lipinski definition) is 5. The number of nitrogens with zero attached hydrogens (tertiary/aromatic N) is 1. The highest BCUT2D eigenvalue weighted by molar-refractivity contribution is 5.88. The maximum Gasteiger partial charge on any atom is 0.138 e. The zero-order valence-electron chi connectivity index (χ0n) is 15.9. The number of aromatic nitrogens is 1. The maximum atomic E-state index is 9.57. The molecule has 0 aliphatic carbocycles. The fraction of sp³-hybridized carbons (Fsp3) is 0.409. The van der Waals surface area contributed by atoms with Crippen molar-refractivity contribution in [3.05, 3.63) is 59.6 Å². The van der Waals surface area contributed by atoms with E-state index < -0.39 is 5.60 Å². The van der Waals surface area contributed by atoms with Crippen molar-refractivity contribution in [2.45, 2.75) is 38.9 Å². The van der Waals surface area contributed by atoms with Crippen molar-refractivity contribution in [2.24, 2.45) is 5.92 Å². The number of aryl methyl sites for hydroxylation is 1. The van der Waals surface area contributed by atoms with Crippen molar-refractivity contribution in [3.8, 4) is 5.75 Å². The number of ether oxygens (including phenoxy) is 1. The largest absolute Gasteiger partial charge is 0.482 e. The van der Waals surface area contributed by atoms with Gasteiger partial charge in [-0.15, -0.1) is 0 Å². The third kappa shape index (κ3) is 3.22. The second-order valence-electron chi connectivity index (χ2n) is 7.43. The Morgan fingerprint density at radius 2 is 2.22 bits per heavy atom. The highest BCUT2D eigenvalue weighted by Crippen LogP contribution is 2.41. The minimum absolute atomic E-state index is 0.119. The van der Waals surface area contributed by atoms with E-state index in [0.717, 1.165) is 53.8 Å². The van der Waals surface area contributed by atoms with Gasteiger partial charge in [0.15, 0.2) is 0 Å². The van der Waals surface area contributed by atoms with E-state index in [9.17, 15) is 5.11 Å². The first-order chi connectivity index (χ1) is 13.1. The predicted octanol–water partition coefficient (Wildman–Crippen LogP) is 3.92. The van der Waals surface area contributed by atoms with Gasteiger partial charge in [-0.05, 0) is 51.4 Å². The summed E-state index contributed by atoms with van der Waals surface area (Å²) in [6.07, 6.45) is 5.92. The predicted molar refractivity (Wildman–Crippen MR) is 105 cm³/mol. The first kappa shape index (κ1) is 18.0. The van der Waals surface area contributed by atoms with Crippen LogP contribution in [0.1, 0.15) is 36.7 Å². The topological polar surface area (TPSA) is 67.5 Å². The molecule has 2 aromatic heterocycles. The summed E-state index contributed by atoms with van der Waals surface area (Å²) >= 11 is 0. The monoisotopic (exact) mass is 366 g/mol. The van der Waals surface area contributed by atoms with Gasteiger partial charge in [-0.2, -0.15) is 0 Å². The standard InChI is InChI=1S/C22H26N2O3/c1-15-20(14-25)26-18-8-3-9-19(21(15)18)27-22(2,16-6-4-10-23-12-16)17-7-5-11-24-13-17/h3-4,6,8-10,12,17,24-25H,5,7,11,13-14H2,1-2H3. The highest BCUT2D eigenvalue weighted by Gasteiger charge is 2.39. The molecule has 2 N–H and O–H groups in total. The van der Waals surface area contributed by atoms with Crippen LogP contribution in [0.25, 0.3) is 11.0 Å². The molecule has 3 aromatic rings. The van der Waals surface area contributed by atoms with Gasteiger partial charge >= 0.3 is 0 Å². The maximum absolute atomic E-state index is 9.57. The summed E-state index contributed by atoms with van der Waals surface area (Å²) in [4.78, 5) is 4.33. The summed E-state index contributed by atoms with van der Waals surface area (Å²) in [5.41, 5.74) is 2.22. The quantitative estimate of drug-likeness (QED) is 0.716. The van der Waals surface area contributed by atoms with Crippen LogP contribution in [0.4, 0.5) is 0 Å². The van der Waals surface area contributed by atoms with Crippen molar-refractivity contribution in [3.63, 3.8) is 0 Å². The summed E-state index contributed by atoms with van der Waals surface area (Å²) in [5, 5.41) is 14.0. The molecule has 3 heterocycles. The Morgan fingerprint density at radius 1 is 1.33 bits per heavy atom. The molecule has 1 aliphatic heterocycles. The number of aliphatic hydroxyl groups excluding tert-OH is 1. The molecule has 0 spiro atoms. The van der Waals surface area contributed by atoms with E-state index >= 15 is 0 Å². The van der Waals surface area contributed by atoms with E-state index in [2.05, 4.69) is 23.3 Å². The van der Waals surface area contributed by atoms with Crippen molar-refractivity contribution in [1.82, 2.24) is 10.3 Å². The second-order valence-corrected chi connectivity index (χ2v) is 7.43. The first-order valence-corrected chi connectivity index (χ1v) is 9.55. The lowest BCUT2D eigenvalue weighted by Gasteiger charge is -2.40. The molecule has 1 fully saturated rings. The lowest BCUT2D eigenvalue weighted by molar-refractivity contribution is 0.0110. The van der Waals surface area contributed by atoms with Crippen LogP contribution in [0.15, 0.2) is 47.1 Å². The number of fused-ring (bicyclic) bond motifs is 1. The Labute approximate surface area is 159 Å². The lowest BCUT2D eigenvalue weighted by Crippen LogP contribution is -2.46. The smallest absolute Gasteiger partial charge is 0.138 e. The third-order valence-corrected chi connectivity index (χ3v) is 5.79. The van der Waals surface area contributed by atoms with Crippen LogP contribution in [-0.2, 0) is 12.2 Å². The van der Waals surface area contributed by atoms with Crippen LogP contribution >= 0.6 is 0 Å². The number of pyridine rings is 1. The Kier molecular flexibility index (Phi) is 4.89. The van der Waals surface area contributed by atoms with E-state index in [1.165, 1.54) is 0 Å². The highest BCUT2D eigenvalue weighted by atomic mass is 16.5.